The summed E-state index contributed by atoms with van der Waals surface area (Å²) in [6, 6.07) is 5.52. The topological polar surface area (TPSA) is 28.4 Å². The van der Waals surface area contributed by atoms with Crippen LogP contribution in [0.25, 0.3) is 0 Å². The molecular formula is C12H18N2O. The van der Waals surface area contributed by atoms with E-state index in [9.17, 15) is 0 Å². The van der Waals surface area contributed by atoms with Crippen molar-refractivity contribution in [3.63, 3.8) is 0 Å². The average molecular weight is 206 g/mol. The van der Waals surface area contributed by atoms with Crippen molar-refractivity contribution in [2.75, 3.05) is 13.1 Å². The second-order valence-corrected chi connectivity index (χ2v) is 4.61. The third kappa shape index (κ3) is 1.82. The van der Waals surface area contributed by atoms with Crippen LogP contribution < -0.4 is 5.32 Å². The van der Waals surface area contributed by atoms with Gasteiger partial charge in [-0.15, -0.1) is 0 Å². The van der Waals surface area contributed by atoms with Crippen molar-refractivity contribution < 1.29 is 4.42 Å². The lowest BCUT2D eigenvalue weighted by atomic mass is 10.1. The molecule has 0 unspecified atom stereocenters. The molecule has 2 atom stereocenters. The van der Waals surface area contributed by atoms with Crippen LogP contribution in [0, 0.1) is 0 Å². The molecule has 1 aliphatic heterocycles. The summed E-state index contributed by atoms with van der Waals surface area (Å²) < 4.78 is 5.42. The lowest BCUT2D eigenvalue weighted by molar-refractivity contribution is 0.120. The Bertz CT molecular complexity index is 309. The Balaban J connectivity index is 1.69. The van der Waals surface area contributed by atoms with Gasteiger partial charge in [0.2, 0.25) is 0 Å². The first-order valence-electron chi connectivity index (χ1n) is 5.93. The Kier molecular flexibility index (Phi) is 2.51. The first-order chi connectivity index (χ1) is 7.43. The van der Waals surface area contributed by atoms with Crippen LogP contribution in [0.5, 0.6) is 0 Å². The fourth-order valence-corrected chi connectivity index (χ4v) is 2.97. The molecule has 0 amide bonds. The van der Waals surface area contributed by atoms with Gasteiger partial charge >= 0.3 is 0 Å². The van der Waals surface area contributed by atoms with E-state index < -0.39 is 0 Å². The predicted molar refractivity (Wildman–Crippen MR) is 58.5 cm³/mol. The maximum Gasteiger partial charge on any atom is 0.117 e. The Labute approximate surface area is 90.4 Å². The van der Waals surface area contributed by atoms with Crippen LogP contribution in [-0.4, -0.2) is 30.1 Å². The van der Waals surface area contributed by atoms with Gasteiger partial charge in [0.05, 0.1) is 12.8 Å². The quantitative estimate of drug-likeness (QED) is 0.797. The number of nitrogens with one attached hydrogen (secondary N) is 1. The van der Waals surface area contributed by atoms with Crippen LogP contribution >= 0.6 is 0 Å². The third-order valence-electron chi connectivity index (χ3n) is 3.69. The number of rotatable bonds is 2. The number of hydrogen-bond donors (Lipinski definition) is 1. The molecular weight excluding hydrogens is 188 g/mol. The second-order valence-electron chi connectivity index (χ2n) is 4.61. The van der Waals surface area contributed by atoms with E-state index in [0.717, 1.165) is 37.5 Å². The van der Waals surface area contributed by atoms with Crippen molar-refractivity contribution in [3.05, 3.63) is 24.2 Å². The molecule has 1 aliphatic carbocycles. The SMILES string of the molecule is c1coc(CN2CCN[C@H]3CCC[C@@H]32)c1. The maximum atomic E-state index is 5.42. The number of hydrogen-bond acceptors (Lipinski definition) is 3. The van der Waals surface area contributed by atoms with Gasteiger partial charge in [0.1, 0.15) is 5.76 Å². The van der Waals surface area contributed by atoms with Crippen LogP contribution in [0.3, 0.4) is 0 Å². The van der Waals surface area contributed by atoms with Gasteiger partial charge in [-0.3, -0.25) is 4.90 Å². The van der Waals surface area contributed by atoms with E-state index in [4.69, 9.17) is 4.42 Å². The first kappa shape index (κ1) is 9.43. The summed E-state index contributed by atoms with van der Waals surface area (Å²) in [5, 5.41) is 3.62. The van der Waals surface area contributed by atoms with Crippen molar-refractivity contribution in [2.24, 2.45) is 0 Å². The van der Waals surface area contributed by atoms with Gasteiger partial charge in [0.15, 0.2) is 0 Å². The number of piperazine rings is 1. The van der Waals surface area contributed by atoms with E-state index in [0.29, 0.717) is 0 Å². The lowest BCUT2D eigenvalue weighted by Crippen LogP contribution is -2.54. The normalized spacial score (nSPS) is 31.7. The largest absolute Gasteiger partial charge is 0.468 e. The molecule has 15 heavy (non-hydrogen) atoms. The zero-order valence-electron chi connectivity index (χ0n) is 8.98. The molecule has 2 fully saturated rings. The highest BCUT2D eigenvalue weighted by Crippen LogP contribution is 2.27. The standard InChI is InChI=1S/C12H18N2O/c1-4-11-12(5-1)14(7-6-13-11)9-10-3-2-8-15-10/h2-3,8,11-13H,1,4-7,9H2/t11-,12-/m0/s1. The molecule has 3 rings (SSSR count). The summed E-state index contributed by atoms with van der Waals surface area (Å²) in [5.74, 6) is 1.10. The molecule has 82 valence electrons. The minimum atomic E-state index is 0.730. The summed E-state index contributed by atoms with van der Waals surface area (Å²) in [4.78, 5) is 2.58. The number of nitrogens with zero attached hydrogens (tertiary/aromatic N) is 1. The minimum Gasteiger partial charge on any atom is -0.468 e. The second kappa shape index (κ2) is 3.99. The summed E-state index contributed by atoms with van der Waals surface area (Å²) in [6.07, 6.45) is 5.83. The molecule has 0 radical (unpaired) electrons. The van der Waals surface area contributed by atoms with Gasteiger partial charge in [0, 0.05) is 25.2 Å². The van der Waals surface area contributed by atoms with Gasteiger partial charge in [-0.25, -0.2) is 0 Å². The minimum absolute atomic E-state index is 0.730. The summed E-state index contributed by atoms with van der Waals surface area (Å²) in [5.41, 5.74) is 0. The van der Waals surface area contributed by atoms with Crippen molar-refractivity contribution >= 4 is 0 Å². The smallest absolute Gasteiger partial charge is 0.117 e. The van der Waals surface area contributed by atoms with Crippen LogP contribution in [0.15, 0.2) is 22.8 Å². The molecule has 1 aromatic heterocycles. The molecule has 0 spiro atoms. The highest BCUT2D eigenvalue weighted by atomic mass is 16.3. The Hall–Kier alpha value is -0.800. The zero-order valence-corrected chi connectivity index (χ0v) is 8.98. The molecule has 0 aromatic carbocycles. The molecule has 1 aromatic rings. The lowest BCUT2D eigenvalue weighted by Gasteiger charge is -2.37. The van der Waals surface area contributed by atoms with Crippen LogP contribution in [0.4, 0.5) is 0 Å². The number of furan rings is 1. The van der Waals surface area contributed by atoms with E-state index >= 15 is 0 Å². The van der Waals surface area contributed by atoms with Crippen molar-refractivity contribution in [2.45, 2.75) is 37.9 Å². The Morgan fingerprint density at radius 1 is 1.47 bits per heavy atom. The Morgan fingerprint density at radius 3 is 3.33 bits per heavy atom. The van der Waals surface area contributed by atoms with Gasteiger partial charge in [0.25, 0.3) is 0 Å². The monoisotopic (exact) mass is 206 g/mol. The van der Waals surface area contributed by atoms with Crippen molar-refractivity contribution in [3.8, 4) is 0 Å². The summed E-state index contributed by atoms with van der Waals surface area (Å²) in [7, 11) is 0. The van der Waals surface area contributed by atoms with Crippen molar-refractivity contribution in [1.29, 1.82) is 0 Å². The maximum absolute atomic E-state index is 5.42. The molecule has 1 N–H and O–H groups in total. The summed E-state index contributed by atoms with van der Waals surface area (Å²) in [6.45, 7) is 3.26. The fourth-order valence-electron chi connectivity index (χ4n) is 2.97. The molecule has 0 bridgehead atoms. The molecule has 1 saturated carbocycles. The third-order valence-corrected chi connectivity index (χ3v) is 3.69. The Morgan fingerprint density at radius 2 is 2.47 bits per heavy atom. The van der Waals surface area contributed by atoms with Gasteiger partial charge in [-0.1, -0.05) is 6.42 Å². The first-order valence-corrected chi connectivity index (χ1v) is 5.93. The number of fused-ring (bicyclic) bond motifs is 1. The van der Waals surface area contributed by atoms with E-state index in [-0.39, 0.29) is 0 Å². The molecule has 3 nitrogen and oxygen atoms in total. The van der Waals surface area contributed by atoms with E-state index in [2.05, 4.69) is 16.3 Å². The highest BCUT2D eigenvalue weighted by Gasteiger charge is 2.34. The molecule has 3 heteroatoms. The summed E-state index contributed by atoms with van der Waals surface area (Å²) >= 11 is 0. The van der Waals surface area contributed by atoms with Crippen LogP contribution in [0.2, 0.25) is 0 Å². The fraction of sp³-hybridized carbons (Fsp3) is 0.667. The van der Waals surface area contributed by atoms with E-state index in [1.54, 1.807) is 6.26 Å². The average Bonchev–Trinajstić information content (AvgIpc) is 2.87. The van der Waals surface area contributed by atoms with Crippen molar-refractivity contribution in [1.82, 2.24) is 10.2 Å². The van der Waals surface area contributed by atoms with Gasteiger partial charge in [-0.05, 0) is 25.0 Å². The molecule has 2 heterocycles. The molecule has 1 saturated heterocycles. The van der Waals surface area contributed by atoms with E-state index in [1.165, 1.54) is 19.3 Å². The molecule has 2 aliphatic rings. The zero-order chi connectivity index (χ0) is 10.1. The highest BCUT2D eigenvalue weighted by molar-refractivity contribution is 5.01. The van der Waals surface area contributed by atoms with Crippen LogP contribution in [0.1, 0.15) is 25.0 Å². The van der Waals surface area contributed by atoms with Gasteiger partial charge in [-0.2, -0.15) is 0 Å². The van der Waals surface area contributed by atoms with Crippen LogP contribution in [-0.2, 0) is 6.54 Å². The predicted octanol–water partition coefficient (Wildman–Crippen LogP) is 1.61. The van der Waals surface area contributed by atoms with Gasteiger partial charge < -0.3 is 9.73 Å². The van der Waals surface area contributed by atoms with E-state index in [1.807, 2.05) is 6.07 Å².